The van der Waals surface area contributed by atoms with E-state index in [-0.39, 0.29) is 0 Å². The molecule has 1 heterocycles. The van der Waals surface area contributed by atoms with Crippen LogP contribution in [0.3, 0.4) is 0 Å². The van der Waals surface area contributed by atoms with Crippen molar-refractivity contribution in [3.63, 3.8) is 0 Å². The van der Waals surface area contributed by atoms with Crippen LogP contribution < -0.4 is 5.32 Å². The predicted molar refractivity (Wildman–Crippen MR) is 85.0 cm³/mol. The smallest absolute Gasteiger partial charge is 0.0302 e. The maximum Gasteiger partial charge on any atom is 0.0302 e. The minimum absolute atomic E-state index is 0.712. The zero-order valence-corrected chi connectivity index (χ0v) is 12.5. The average molecular weight is 283 g/mol. The van der Waals surface area contributed by atoms with Crippen LogP contribution in [0.2, 0.25) is 0 Å². The highest BCUT2D eigenvalue weighted by atomic mass is 32.1. The molecule has 1 nitrogen and oxygen atoms in total. The molecule has 0 spiro atoms. The van der Waals surface area contributed by atoms with E-state index >= 15 is 0 Å². The molecule has 1 fully saturated rings. The van der Waals surface area contributed by atoms with Crippen molar-refractivity contribution >= 4 is 11.3 Å². The summed E-state index contributed by atoms with van der Waals surface area (Å²) in [7, 11) is 0. The standard InChI is InChI=1S/C18H21NS/c1-2-5-14-11-16-8-7-15(10-13(14)4-1)18(16)19-12-17-6-3-9-20-17/h1-6,9,15-16,18-19H,7-8,10-12H2. The van der Waals surface area contributed by atoms with Crippen LogP contribution in [-0.4, -0.2) is 6.04 Å². The van der Waals surface area contributed by atoms with E-state index in [4.69, 9.17) is 0 Å². The summed E-state index contributed by atoms with van der Waals surface area (Å²) in [5, 5.41) is 6.05. The van der Waals surface area contributed by atoms with Gasteiger partial charge in [-0.1, -0.05) is 30.3 Å². The third kappa shape index (κ3) is 2.32. The van der Waals surface area contributed by atoms with Gasteiger partial charge in [-0.2, -0.15) is 0 Å². The van der Waals surface area contributed by atoms with Crippen LogP contribution >= 0.6 is 11.3 Å². The third-order valence-corrected chi connectivity index (χ3v) is 5.98. The fourth-order valence-corrected chi connectivity index (χ4v) is 4.77. The fraction of sp³-hybridized carbons (Fsp3) is 0.444. The van der Waals surface area contributed by atoms with Crippen LogP contribution in [0.1, 0.15) is 28.8 Å². The van der Waals surface area contributed by atoms with Crippen LogP contribution in [0.5, 0.6) is 0 Å². The van der Waals surface area contributed by atoms with Gasteiger partial charge in [0, 0.05) is 17.5 Å². The van der Waals surface area contributed by atoms with Gasteiger partial charge >= 0.3 is 0 Å². The molecule has 0 radical (unpaired) electrons. The summed E-state index contributed by atoms with van der Waals surface area (Å²) >= 11 is 1.86. The summed E-state index contributed by atoms with van der Waals surface area (Å²) in [6.45, 7) is 1.05. The monoisotopic (exact) mass is 283 g/mol. The first-order chi connectivity index (χ1) is 9.90. The second-order valence-corrected chi connectivity index (χ2v) is 7.29. The Bertz CT molecular complexity index is 542. The van der Waals surface area contributed by atoms with Crippen molar-refractivity contribution in [3.8, 4) is 0 Å². The average Bonchev–Trinajstić information content (AvgIpc) is 3.04. The minimum Gasteiger partial charge on any atom is -0.309 e. The number of hydrogen-bond acceptors (Lipinski definition) is 2. The van der Waals surface area contributed by atoms with Crippen LogP contribution in [0.4, 0.5) is 0 Å². The largest absolute Gasteiger partial charge is 0.309 e. The Morgan fingerprint density at radius 3 is 2.25 bits per heavy atom. The summed E-state index contributed by atoms with van der Waals surface area (Å²) in [5.41, 5.74) is 3.20. The zero-order chi connectivity index (χ0) is 13.4. The van der Waals surface area contributed by atoms with Gasteiger partial charge in [-0.15, -0.1) is 11.3 Å². The van der Waals surface area contributed by atoms with Crippen molar-refractivity contribution in [2.24, 2.45) is 11.8 Å². The Labute approximate surface area is 125 Å². The molecular formula is C18H21NS. The van der Waals surface area contributed by atoms with Gasteiger partial charge in [0.2, 0.25) is 0 Å². The maximum atomic E-state index is 3.87. The van der Waals surface area contributed by atoms with Crippen molar-refractivity contribution in [1.82, 2.24) is 5.32 Å². The minimum atomic E-state index is 0.712. The van der Waals surface area contributed by atoms with Crippen LogP contribution in [0, 0.1) is 11.8 Å². The van der Waals surface area contributed by atoms with Gasteiger partial charge in [0.1, 0.15) is 0 Å². The molecule has 2 unspecified atom stereocenters. The van der Waals surface area contributed by atoms with E-state index in [1.165, 1.54) is 30.6 Å². The van der Waals surface area contributed by atoms with Gasteiger partial charge in [-0.3, -0.25) is 0 Å². The van der Waals surface area contributed by atoms with E-state index in [2.05, 4.69) is 47.1 Å². The van der Waals surface area contributed by atoms with Crippen molar-refractivity contribution in [2.75, 3.05) is 0 Å². The number of benzene rings is 1. The van der Waals surface area contributed by atoms with Gasteiger partial charge in [-0.25, -0.2) is 0 Å². The molecule has 2 atom stereocenters. The molecule has 1 aromatic carbocycles. The number of thiophene rings is 1. The van der Waals surface area contributed by atoms with Crippen molar-refractivity contribution in [3.05, 3.63) is 57.8 Å². The Morgan fingerprint density at radius 2 is 1.65 bits per heavy atom. The van der Waals surface area contributed by atoms with Crippen molar-refractivity contribution in [1.29, 1.82) is 0 Å². The Balaban J connectivity index is 1.52. The van der Waals surface area contributed by atoms with E-state index in [1.807, 2.05) is 11.3 Å². The molecule has 20 heavy (non-hydrogen) atoms. The molecule has 2 aromatic rings. The topological polar surface area (TPSA) is 12.0 Å². The van der Waals surface area contributed by atoms with Crippen molar-refractivity contribution < 1.29 is 0 Å². The van der Waals surface area contributed by atoms with Crippen molar-refractivity contribution in [2.45, 2.75) is 38.3 Å². The SMILES string of the molecule is c1csc(CNC2C3CCC2Cc2ccccc2C3)c1. The lowest BCUT2D eigenvalue weighted by atomic mass is 9.94. The number of rotatable bonds is 3. The fourth-order valence-electron chi connectivity index (χ4n) is 4.12. The summed E-state index contributed by atoms with van der Waals surface area (Å²) in [6.07, 6.45) is 5.35. The van der Waals surface area contributed by atoms with Gasteiger partial charge < -0.3 is 5.32 Å². The lowest BCUT2D eigenvalue weighted by Crippen LogP contribution is -2.37. The lowest BCUT2D eigenvalue weighted by Gasteiger charge is -2.23. The first-order valence-electron chi connectivity index (χ1n) is 7.73. The summed E-state index contributed by atoms with van der Waals surface area (Å²) in [6, 6.07) is 14.2. The molecule has 4 rings (SSSR count). The van der Waals surface area contributed by atoms with E-state index in [1.54, 1.807) is 11.1 Å². The highest BCUT2D eigenvalue weighted by molar-refractivity contribution is 7.09. The zero-order valence-electron chi connectivity index (χ0n) is 11.7. The second kappa shape index (κ2) is 5.34. The van der Waals surface area contributed by atoms with E-state index in [9.17, 15) is 0 Å². The molecule has 1 aromatic heterocycles. The molecule has 1 saturated carbocycles. The summed E-state index contributed by atoms with van der Waals surface area (Å²) < 4.78 is 0. The molecule has 0 aliphatic heterocycles. The van der Waals surface area contributed by atoms with E-state index in [0.29, 0.717) is 6.04 Å². The van der Waals surface area contributed by atoms with E-state index in [0.717, 1.165) is 18.4 Å². The number of hydrogen-bond donors (Lipinski definition) is 1. The highest BCUT2D eigenvalue weighted by Gasteiger charge is 2.38. The van der Waals surface area contributed by atoms with Crippen LogP contribution in [0.25, 0.3) is 0 Å². The quantitative estimate of drug-likeness (QED) is 0.896. The second-order valence-electron chi connectivity index (χ2n) is 6.26. The van der Waals surface area contributed by atoms with Gasteiger partial charge in [0.25, 0.3) is 0 Å². The highest BCUT2D eigenvalue weighted by Crippen LogP contribution is 2.40. The molecule has 2 heteroatoms. The first-order valence-corrected chi connectivity index (χ1v) is 8.60. The Kier molecular flexibility index (Phi) is 3.37. The molecule has 1 N–H and O–H groups in total. The van der Waals surface area contributed by atoms with Gasteiger partial charge in [0.15, 0.2) is 0 Å². The Hall–Kier alpha value is -1.12. The maximum absolute atomic E-state index is 3.87. The van der Waals surface area contributed by atoms with Crippen LogP contribution in [0.15, 0.2) is 41.8 Å². The summed E-state index contributed by atoms with van der Waals surface area (Å²) in [5.74, 6) is 1.67. The molecular weight excluding hydrogens is 262 g/mol. The van der Waals surface area contributed by atoms with E-state index < -0.39 is 0 Å². The predicted octanol–water partition coefficient (Wildman–Crippen LogP) is 4.03. The molecule has 2 aliphatic carbocycles. The molecule has 0 amide bonds. The Morgan fingerprint density at radius 1 is 0.950 bits per heavy atom. The third-order valence-electron chi connectivity index (χ3n) is 5.10. The van der Waals surface area contributed by atoms with Gasteiger partial charge in [-0.05, 0) is 60.1 Å². The summed E-state index contributed by atoms with van der Waals surface area (Å²) in [4.78, 5) is 1.46. The molecule has 0 saturated heterocycles. The van der Waals surface area contributed by atoms with Gasteiger partial charge in [0.05, 0.1) is 0 Å². The number of fused-ring (bicyclic) bond motifs is 3. The normalized spacial score (nSPS) is 28.1. The first kappa shape index (κ1) is 12.6. The molecule has 2 aliphatic rings. The molecule has 2 bridgehead atoms. The molecule has 104 valence electrons. The number of nitrogens with one attached hydrogen (secondary N) is 1. The lowest BCUT2D eigenvalue weighted by molar-refractivity contribution is 0.341. The van der Waals surface area contributed by atoms with Crippen LogP contribution in [-0.2, 0) is 19.4 Å².